The van der Waals surface area contributed by atoms with Gasteiger partial charge in [-0.25, -0.2) is 0 Å². The molecule has 0 aromatic rings. The first-order valence-corrected chi connectivity index (χ1v) is 6.73. The van der Waals surface area contributed by atoms with E-state index in [0.29, 0.717) is 12.6 Å². The first-order valence-electron chi connectivity index (χ1n) is 6.73. The maximum Gasteiger partial charge on any atom is 0.233 e. The van der Waals surface area contributed by atoms with Crippen LogP contribution in [0.5, 0.6) is 0 Å². The SMILES string of the molecule is CCCNC(=O)CNC1CCOC(C)(CC)C1. The summed E-state index contributed by atoms with van der Waals surface area (Å²) in [6, 6.07) is 0.404. The third kappa shape index (κ3) is 5.04. The van der Waals surface area contributed by atoms with Crippen LogP contribution < -0.4 is 10.6 Å². The van der Waals surface area contributed by atoms with Gasteiger partial charge < -0.3 is 15.4 Å². The van der Waals surface area contributed by atoms with Crippen LogP contribution in [0.15, 0.2) is 0 Å². The zero-order chi connectivity index (χ0) is 12.7. The summed E-state index contributed by atoms with van der Waals surface area (Å²) in [6.45, 7) is 8.33. The van der Waals surface area contributed by atoms with Gasteiger partial charge in [0.2, 0.25) is 5.91 Å². The molecule has 2 N–H and O–H groups in total. The molecule has 0 radical (unpaired) electrons. The van der Waals surface area contributed by atoms with E-state index in [0.717, 1.165) is 38.8 Å². The number of hydrogen-bond donors (Lipinski definition) is 2. The number of nitrogens with one attached hydrogen (secondary N) is 2. The molecule has 2 unspecified atom stereocenters. The maximum atomic E-state index is 11.5. The van der Waals surface area contributed by atoms with Crippen molar-refractivity contribution < 1.29 is 9.53 Å². The van der Waals surface area contributed by atoms with Crippen molar-refractivity contribution in [1.82, 2.24) is 10.6 Å². The van der Waals surface area contributed by atoms with Gasteiger partial charge in [-0.1, -0.05) is 13.8 Å². The Morgan fingerprint density at radius 1 is 1.47 bits per heavy atom. The van der Waals surface area contributed by atoms with E-state index in [1.807, 2.05) is 0 Å². The van der Waals surface area contributed by atoms with Gasteiger partial charge in [-0.05, 0) is 32.6 Å². The molecule has 1 fully saturated rings. The van der Waals surface area contributed by atoms with Crippen LogP contribution >= 0.6 is 0 Å². The molecule has 1 rings (SSSR count). The lowest BCUT2D eigenvalue weighted by atomic mass is 9.90. The van der Waals surface area contributed by atoms with Crippen LogP contribution in [0.25, 0.3) is 0 Å². The van der Waals surface area contributed by atoms with Gasteiger partial charge in [0, 0.05) is 19.2 Å². The molecular weight excluding hydrogens is 216 g/mol. The average molecular weight is 242 g/mol. The van der Waals surface area contributed by atoms with Gasteiger partial charge in [-0.2, -0.15) is 0 Å². The summed E-state index contributed by atoms with van der Waals surface area (Å²) in [5, 5.41) is 6.20. The van der Waals surface area contributed by atoms with Crippen molar-refractivity contribution in [3.8, 4) is 0 Å². The zero-order valence-electron chi connectivity index (χ0n) is 11.3. The zero-order valence-corrected chi connectivity index (χ0v) is 11.3. The molecular formula is C13H26N2O2. The van der Waals surface area contributed by atoms with E-state index < -0.39 is 0 Å². The Hall–Kier alpha value is -0.610. The smallest absolute Gasteiger partial charge is 0.233 e. The largest absolute Gasteiger partial charge is 0.375 e. The fourth-order valence-electron chi connectivity index (χ4n) is 2.11. The summed E-state index contributed by atoms with van der Waals surface area (Å²) in [7, 11) is 0. The molecule has 1 saturated heterocycles. The lowest BCUT2D eigenvalue weighted by Gasteiger charge is -2.38. The highest BCUT2D eigenvalue weighted by atomic mass is 16.5. The van der Waals surface area contributed by atoms with Crippen LogP contribution in [0.2, 0.25) is 0 Å². The molecule has 2 atom stereocenters. The van der Waals surface area contributed by atoms with E-state index in [1.54, 1.807) is 0 Å². The maximum absolute atomic E-state index is 11.5. The number of amides is 1. The lowest BCUT2D eigenvalue weighted by molar-refractivity contribution is -0.121. The van der Waals surface area contributed by atoms with E-state index in [-0.39, 0.29) is 11.5 Å². The summed E-state index contributed by atoms with van der Waals surface area (Å²) >= 11 is 0. The Balaban J connectivity index is 2.25. The van der Waals surface area contributed by atoms with Gasteiger partial charge in [0.1, 0.15) is 0 Å². The molecule has 0 saturated carbocycles. The van der Waals surface area contributed by atoms with Crippen LogP contribution in [-0.2, 0) is 9.53 Å². The average Bonchev–Trinajstić information content (AvgIpc) is 2.34. The summed E-state index contributed by atoms with van der Waals surface area (Å²) in [6.07, 6.45) is 3.99. The minimum atomic E-state index is -0.0180. The topological polar surface area (TPSA) is 50.4 Å². The molecule has 0 aromatic carbocycles. The summed E-state index contributed by atoms with van der Waals surface area (Å²) in [5.74, 6) is 0.0940. The molecule has 17 heavy (non-hydrogen) atoms. The number of carbonyl (C=O) groups is 1. The molecule has 0 aromatic heterocycles. The molecule has 1 aliphatic rings. The van der Waals surface area contributed by atoms with Crippen LogP contribution in [0.3, 0.4) is 0 Å². The van der Waals surface area contributed by atoms with E-state index in [1.165, 1.54) is 0 Å². The first-order chi connectivity index (χ1) is 8.09. The quantitative estimate of drug-likeness (QED) is 0.741. The predicted molar refractivity (Wildman–Crippen MR) is 69.0 cm³/mol. The van der Waals surface area contributed by atoms with Crippen molar-refractivity contribution in [2.45, 2.75) is 58.1 Å². The standard InChI is InChI=1S/C13H26N2O2/c1-4-7-14-12(16)10-15-11-6-8-17-13(3,5-2)9-11/h11,15H,4-10H2,1-3H3,(H,14,16). The van der Waals surface area contributed by atoms with Crippen molar-refractivity contribution in [1.29, 1.82) is 0 Å². The Morgan fingerprint density at radius 3 is 2.88 bits per heavy atom. The van der Waals surface area contributed by atoms with Crippen molar-refractivity contribution >= 4 is 5.91 Å². The molecule has 0 aliphatic carbocycles. The van der Waals surface area contributed by atoms with Gasteiger partial charge in [0.25, 0.3) is 0 Å². The van der Waals surface area contributed by atoms with Gasteiger partial charge in [0.15, 0.2) is 0 Å². The third-order valence-electron chi connectivity index (χ3n) is 3.47. The molecule has 4 heteroatoms. The highest BCUT2D eigenvalue weighted by Gasteiger charge is 2.31. The van der Waals surface area contributed by atoms with E-state index in [4.69, 9.17) is 4.74 Å². The second kappa shape index (κ2) is 6.97. The Labute approximate surface area is 104 Å². The molecule has 0 bridgehead atoms. The van der Waals surface area contributed by atoms with E-state index in [2.05, 4.69) is 31.4 Å². The summed E-state index contributed by atoms with van der Waals surface area (Å²) in [4.78, 5) is 11.5. The number of hydrogen-bond acceptors (Lipinski definition) is 3. The fourth-order valence-corrected chi connectivity index (χ4v) is 2.11. The normalized spacial score (nSPS) is 29.0. The molecule has 1 heterocycles. The molecule has 1 amide bonds. The van der Waals surface area contributed by atoms with Crippen LogP contribution in [-0.4, -0.2) is 37.2 Å². The first kappa shape index (κ1) is 14.5. The van der Waals surface area contributed by atoms with Crippen molar-refractivity contribution in [3.63, 3.8) is 0 Å². The Kier molecular flexibility index (Phi) is 5.92. The van der Waals surface area contributed by atoms with Crippen molar-refractivity contribution in [3.05, 3.63) is 0 Å². The second-order valence-electron chi connectivity index (χ2n) is 5.07. The lowest BCUT2D eigenvalue weighted by Crippen LogP contribution is -2.47. The highest BCUT2D eigenvalue weighted by Crippen LogP contribution is 2.27. The highest BCUT2D eigenvalue weighted by molar-refractivity contribution is 5.77. The van der Waals surface area contributed by atoms with Gasteiger partial charge >= 0.3 is 0 Å². The van der Waals surface area contributed by atoms with Gasteiger partial charge in [-0.15, -0.1) is 0 Å². The Morgan fingerprint density at radius 2 is 2.24 bits per heavy atom. The van der Waals surface area contributed by atoms with Crippen molar-refractivity contribution in [2.75, 3.05) is 19.7 Å². The third-order valence-corrected chi connectivity index (χ3v) is 3.47. The van der Waals surface area contributed by atoms with E-state index >= 15 is 0 Å². The summed E-state index contributed by atoms with van der Waals surface area (Å²) < 4.78 is 5.78. The monoisotopic (exact) mass is 242 g/mol. The second-order valence-corrected chi connectivity index (χ2v) is 5.07. The minimum absolute atomic E-state index is 0.0180. The molecule has 4 nitrogen and oxygen atoms in total. The predicted octanol–water partition coefficient (Wildman–Crippen LogP) is 1.45. The van der Waals surface area contributed by atoms with Crippen LogP contribution in [0.4, 0.5) is 0 Å². The number of rotatable bonds is 6. The minimum Gasteiger partial charge on any atom is -0.375 e. The fraction of sp³-hybridized carbons (Fsp3) is 0.923. The van der Waals surface area contributed by atoms with Gasteiger partial charge in [-0.3, -0.25) is 4.79 Å². The number of carbonyl (C=O) groups excluding carboxylic acids is 1. The molecule has 100 valence electrons. The molecule has 0 spiro atoms. The number of ether oxygens (including phenoxy) is 1. The molecule has 1 aliphatic heterocycles. The van der Waals surface area contributed by atoms with Crippen LogP contribution in [0, 0.1) is 0 Å². The van der Waals surface area contributed by atoms with Crippen LogP contribution in [0.1, 0.15) is 46.5 Å². The Bertz CT molecular complexity index is 246. The van der Waals surface area contributed by atoms with E-state index in [9.17, 15) is 4.79 Å². The van der Waals surface area contributed by atoms with Crippen molar-refractivity contribution in [2.24, 2.45) is 0 Å². The summed E-state index contributed by atoms with van der Waals surface area (Å²) in [5.41, 5.74) is -0.0180. The van der Waals surface area contributed by atoms with Gasteiger partial charge in [0.05, 0.1) is 12.1 Å².